The Bertz CT molecular complexity index is 883. The van der Waals surface area contributed by atoms with E-state index in [2.05, 4.69) is 10.3 Å². The standard InChI is InChI=1S/C21H25ClF3N3OS/c1-20(2,3)19-27-12-16(30-19)15(28-9-7-21(24,25)8-10-28)11-26-18(29)17-13(22)5-4-6-14(17)23/h4-6,12,15H,7-11H2,1-3H3,(H,26,29). The zero-order valence-electron chi connectivity index (χ0n) is 17.1. The summed E-state index contributed by atoms with van der Waals surface area (Å²) in [4.78, 5) is 19.9. The predicted octanol–water partition coefficient (Wildman–Crippen LogP) is 5.44. The van der Waals surface area contributed by atoms with Crippen molar-refractivity contribution < 1.29 is 18.0 Å². The van der Waals surface area contributed by atoms with Gasteiger partial charge in [-0.3, -0.25) is 9.69 Å². The molecule has 1 aliphatic rings. The molecule has 1 aliphatic heterocycles. The highest BCUT2D eigenvalue weighted by atomic mass is 35.5. The van der Waals surface area contributed by atoms with Crippen LogP contribution >= 0.6 is 22.9 Å². The van der Waals surface area contributed by atoms with E-state index in [0.29, 0.717) is 0 Å². The number of carbonyl (C=O) groups is 1. The third-order valence-electron chi connectivity index (χ3n) is 5.11. The number of carbonyl (C=O) groups excluding carboxylic acids is 1. The van der Waals surface area contributed by atoms with Gasteiger partial charge in [-0.2, -0.15) is 0 Å². The molecule has 0 spiro atoms. The lowest BCUT2D eigenvalue weighted by Gasteiger charge is -2.37. The predicted molar refractivity (Wildman–Crippen MR) is 113 cm³/mol. The van der Waals surface area contributed by atoms with Crippen molar-refractivity contribution in [3.8, 4) is 0 Å². The molecule has 1 saturated heterocycles. The van der Waals surface area contributed by atoms with Crippen LogP contribution in [-0.4, -0.2) is 41.3 Å². The van der Waals surface area contributed by atoms with Gasteiger partial charge in [0.25, 0.3) is 11.8 Å². The summed E-state index contributed by atoms with van der Waals surface area (Å²) < 4.78 is 41.4. The smallest absolute Gasteiger partial charge is 0.255 e. The van der Waals surface area contributed by atoms with Crippen molar-refractivity contribution in [2.24, 2.45) is 0 Å². The van der Waals surface area contributed by atoms with E-state index in [9.17, 15) is 18.0 Å². The minimum atomic E-state index is -2.67. The molecule has 0 saturated carbocycles. The minimum absolute atomic E-state index is 0.0227. The number of benzene rings is 1. The Labute approximate surface area is 183 Å². The van der Waals surface area contributed by atoms with Crippen LogP contribution in [0.3, 0.4) is 0 Å². The Morgan fingerprint density at radius 1 is 1.33 bits per heavy atom. The molecule has 2 heterocycles. The molecule has 30 heavy (non-hydrogen) atoms. The number of hydrogen-bond donors (Lipinski definition) is 1. The first-order chi connectivity index (χ1) is 14.0. The molecule has 4 nitrogen and oxygen atoms in total. The van der Waals surface area contributed by atoms with Gasteiger partial charge in [0.1, 0.15) is 5.82 Å². The number of alkyl halides is 2. The average molecular weight is 460 g/mol. The molecule has 0 aliphatic carbocycles. The second kappa shape index (κ2) is 8.85. The van der Waals surface area contributed by atoms with Gasteiger partial charge in [0, 0.05) is 49.0 Å². The van der Waals surface area contributed by atoms with Gasteiger partial charge in [-0.05, 0) is 12.1 Å². The molecule has 1 unspecified atom stereocenters. The first kappa shape index (κ1) is 23.0. The fraction of sp³-hybridized carbons (Fsp3) is 0.524. The fourth-order valence-electron chi connectivity index (χ4n) is 3.35. The van der Waals surface area contributed by atoms with Crippen LogP contribution in [0, 0.1) is 5.82 Å². The highest BCUT2D eigenvalue weighted by molar-refractivity contribution is 7.11. The van der Waals surface area contributed by atoms with Crippen LogP contribution in [0.1, 0.15) is 59.9 Å². The van der Waals surface area contributed by atoms with Crippen LogP contribution in [0.5, 0.6) is 0 Å². The summed E-state index contributed by atoms with van der Waals surface area (Å²) in [6, 6.07) is 3.72. The van der Waals surface area contributed by atoms with Crippen molar-refractivity contribution in [3.05, 3.63) is 50.7 Å². The quantitative estimate of drug-likeness (QED) is 0.648. The molecule has 1 aromatic heterocycles. The SMILES string of the molecule is CC(C)(C)c1ncc(C(CNC(=O)c2c(F)cccc2Cl)N2CCC(F)(F)CC2)s1. The van der Waals surface area contributed by atoms with E-state index in [4.69, 9.17) is 11.6 Å². The molecule has 1 fully saturated rings. The lowest BCUT2D eigenvalue weighted by molar-refractivity contribution is -0.0629. The van der Waals surface area contributed by atoms with E-state index in [-0.39, 0.29) is 54.5 Å². The maximum atomic E-state index is 14.1. The van der Waals surface area contributed by atoms with E-state index >= 15 is 0 Å². The van der Waals surface area contributed by atoms with E-state index in [1.807, 2.05) is 25.7 Å². The summed E-state index contributed by atoms with van der Waals surface area (Å²) in [6.07, 6.45) is 1.27. The monoisotopic (exact) mass is 459 g/mol. The number of amides is 1. The van der Waals surface area contributed by atoms with E-state index in [1.165, 1.54) is 29.5 Å². The largest absolute Gasteiger partial charge is 0.350 e. The number of aromatic nitrogens is 1. The normalized spacial score (nSPS) is 18.2. The fourth-order valence-corrected chi connectivity index (χ4v) is 4.71. The number of rotatable bonds is 5. The molecule has 2 aromatic rings. The van der Waals surface area contributed by atoms with Crippen molar-refractivity contribution in [3.63, 3.8) is 0 Å². The van der Waals surface area contributed by atoms with E-state index < -0.39 is 17.6 Å². The lowest BCUT2D eigenvalue weighted by atomic mass is 9.98. The number of nitrogens with zero attached hydrogens (tertiary/aromatic N) is 2. The van der Waals surface area contributed by atoms with Gasteiger partial charge in [0.05, 0.1) is 21.6 Å². The summed E-state index contributed by atoms with van der Waals surface area (Å²) in [6.45, 7) is 6.70. The summed E-state index contributed by atoms with van der Waals surface area (Å²) in [5.74, 6) is -4.01. The van der Waals surface area contributed by atoms with Crippen molar-refractivity contribution >= 4 is 28.8 Å². The molecular weight excluding hydrogens is 435 g/mol. The van der Waals surface area contributed by atoms with Crippen LogP contribution in [0.25, 0.3) is 0 Å². The number of halogens is 4. The topological polar surface area (TPSA) is 45.2 Å². The van der Waals surface area contributed by atoms with Crippen molar-refractivity contribution in [1.29, 1.82) is 0 Å². The van der Waals surface area contributed by atoms with Crippen LogP contribution in [0.15, 0.2) is 24.4 Å². The Morgan fingerprint density at radius 2 is 2.00 bits per heavy atom. The van der Waals surface area contributed by atoms with Crippen LogP contribution in [0.4, 0.5) is 13.2 Å². The maximum absolute atomic E-state index is 14.1. The molecule has 3 rings (SSSR count). The molecule has 0 bridgehead atoms. The average Bonchev–Trinajstić information content (AvgIpc) is 3.13. The molecule has 1 N–H and O–H groups in total. The van der Waals surface area contributed by atoms with Crippen LogP contribution in [0.2, 0.25) is 5.02 Å². The van der Waals surface area contributed by atoms with Crippen LogP contribution < -0.4 is 5.32 Å². The summed E-state index contributed by atoms with van der Waals surface area (Å²) in [5.41, 5.74) is -0.366. The van der Waals surface area contributed by atoms with Crippen molar-refractivity contribution in [1.82, 2.24) is 15.2 Å². The van der Waals surface area contributed by atoms with Crippen molar-refractivity contribution in [2.45, 2.75) is 51.0 Å². The van der Waals surface area contributed by atoms with Gasteiger partial charge in [-0.25, -0.2) is 18.2 Å². The van der Waals surface area contributed by atoms with Gasteiger partial charge >= 0.3 is 0 Å². The molecule has 1 aromatic carbocycles. The Morgan fingerprint density at radius 3 is 2.57 bits per heavy atom. The molecule has 1 atom stereocenters. The number of thiazole rings is 1. The summed E-state index contributed by atoms with van der Waals surface area (Å²) in [5, 5.41) is 3.68. The van der Waals surface area contributed by atoms with Crippen LogP contribution in [-0.2, 0) is 5.41 Å². The van der Waals surface area contributed by atoms with Gasteiger partial charge in [0.15, 0.2) is 0 Å². The second-order valence-corrected chi connectivity index (χ2v) is 10.0. The third-order valence-corrected chi connectivity index (χ3v) is 6.95. The number of nitrogens with one attached hydrogen (secondary N) is 1. The zero-order chi connectivity index (χ0) is 22.1. The maximum Gasteiger partial charge on any atom is 0.255 e. The van der Waals surface area contributed by atoms with E-state index in [0.717, 1.165) is 9.88 Å². The van der Waals surface area contributed by atoms with Gasteiger partial charge < -0.3 is 5.32 Å². The Balaban J connectivity index is 1.81. The summed E-state index contributed by atoms with van der Waals surface area (Å²) >= 11 is 7.49. The molecule has 1 amide bonds. The number of likely N-dealkylation sites (tertiary alicyclic amines) is 1. The molecular formula is C21H25ClF3N3OS. The lowest BCUT2D eigenvalue weighted by Crippen LogP contribution is -2.45. The molecule has 0 radical (unpaired) electrons. The molecule has 9 heteroatoms. The van der Waals surface area contributed by atoms with Gasteiger partial charge in [-0.15, -0.1) is 11.3 Å². The Hall–Kier alpha value is -1.64. The first-order valence-corrected chi connectivity index (χ1v) is 11.0. The highest BCUT2D eigenvalue weighted by Gasteiger charge is 2.37. The Kier molecular flexibility index (Phi) is 6.79. The summed E-state index contributed by atoms with van der Waals surface area (Å²) in [7, 11) is 0. The second-order valence-electron chi connectivity index (χ2n) is 8.53. The van der Waals surface area contributed by atoms with Gasteiger partial charge in [0.2, 0.25) is 0 Å². The third kappa shape index (κ3) is 5.34. The first-order valence-electron chi connectivity index (χ1n) is 9.78. The zero-order valence-corrected chi connectivity index (χ0v) is 18.7. The minimum Gasteiger partial charge on any atom is -0.350 e. The number of piperidine rings is 1. The van der Waals surface area contributed by atoms with Crippen molar-refractivity contribution in [2.75, 3.05) is 19.6 Å². The van der Waals surface area contributed by atoms with Gasteiger partial charge in [-0.1, -0.05) is 38.4 Å². The number of hydrogen-bond acceptors (Lipinski definition) is 4. The molecule has 164 valence electrons. The van der Waals surface area contributed by atoms with E-state index in [1.54, 1.807) is 6.20 Å². The highest BCUT2D eigenvalue weighted by Crippen LogP contribution is 2.36.